The van der Waals surface area contributed by atoms with Crippen LogP contribution in [0, 0.1) is 5.92 Å². The first-order chi connectivity index (χ1) is 18.0. The lowest BCUT2D eigenvalue weighted by Gasteiger charge is -2.23. The van der Waals surface area contributed by atoms with Crippen LogP contribution in [0.5, 0.6) is 0 Å². The van der Waals surface area contributed by atoms with Crippen molar-refractivity contribution in [2.45, 2.75) is 50.6 Å². The molecule has 0 spiro atoms. The van der Waals surface area contributed by atoms with E-state index in [1.165, 1.54) is 0 Å². The zero-order valence-electron chi connectivity index (χ0n) is 21.3. The summed E-state index contributed by atoms with van der Waals surface area (Å²) in [5.74, 6) is -1.67. The van der Waals surface area contributed by atoms with Crippen LogP contribution in [0.2, 0.25) is 0 Å². The van der Waals surface area contributed by atoms with Crippen molar-refractivity contribution in [1.82, 2.24) is 10.6 Å². The topological polar surface area (TPSA) is 105 Å². The van der Waals surface area contributed by atoms with Crippen molar-refractivity contribution in [2.75, 3.05) is 13.2 Å². The average Bonchev–Trinajstić information content (AvgIpc) is 2.91. The maximum Gasteiger partial charge on any atom is 0.305 e. The zero-order chi connectivity index (χ0) is 26.9. The number of nitrogens with one attached hydrogen (secondary N) is 2. The van der Waals surface area contributed by atoms with Gasteiger partial charge in [-0.1, -0.05) is 72.8 Å². The molecular weight excluding hydrogens is 468 g/mol. The molecule has 7 heteroatoms. The van der Waals surface area contributed by atoms with Gasteiger partial charge in [0, 0.05) is 12.8 Å². The Balaban J connectivity index is 2.01. The molecule has 0 unspecified atom stereocenters. The predicted molar refractivity (Wildman–Crippen MR) is 144 cm³/mol. The molecule has 0 aromatic heterocycles. The summed E-state index contributed by atoms with van der Waals surface area (Å²) in [6, 6.07) is 17.8. The minimum atomic E-state index is -0.664. The average molecular weight is 507 g/mol. The van der Waals surface area contributed by atoms with E-state index in [0.29, 0.717) is 19.3 Å². The number of rotatable bonds is 17. The van der Waals surface area contributed by atoms with Gasteiger partial charge in [0.2, 0.25) is 11.8 Å². The molecule has 0 saturated heterocycles. The second-order valence-corrected chi connectivity index (χ2v) is 8.90. The lowest BCUT2D eigenvalue weighted by Crippen LogP contribution is -2.42. The number of amides is 2. The molecule has 0 heterocycles. The van der Waals surface area contributed by atoms with Gasteiger partial charge in [-0.3, -0.25) is 14.4 Å². The number of allylic oxidation sites excluding steroid dienone is 2. The van der Waals surface area contributed by atoms with Crippen molar-refractivity contribution in [3.8, 4) is 0 Å². The van der Waals surface area contributed by atoms with Crippen molar-refractivity contribution in [1.29, 1.82) is 0 Å². The van der Waals surface area contributed by atoms with Crippen LogP contribution in [-0.4, -0.2) is 42.1 Å². The Kier molecular flexibility index (Phi) is 13.5. The Hall–Kier alpha value is -3.71. The van der Waals surface area contributed by atoms with Crippen molar-refractivity contribution >= 4 is 17.8 Å². The van der Waals surface area contributed by atoms with Gasteiger partial charge in [0.15, 0.2) is 0 Å². The minimum Gasteiger partial charge on any atom is -0.463 e. The van der Waals surface area contributed by atoms with Gasteiger partial charge < -0.3 is 20.5 Å². The first kappa shape index (κ1) is 29.5. The minimum absolute atomic E-state index is 0.0145. The van der Waals surface area contributed by atoms with Crippen LogP contribution < -0.4 is 10.6 Å². The molecule has 2 rings (SSSR count). The molecule has 0 aliphatic rings. The van der Waals surface area contributed by atoms with E-state index in [1.54, 1.807) is 12.2 Å². The van der Waals surface area contributed by atoms with Gasteiger partial charge in [-0.05, 0) is 36.8 Å². The fourth-order valence-corrected chi connectivity index (χ4v) is 3.89. The highest BCUT2D eigenvalue weighted by Crippen LogP contribution is 2.18. The van der Waals surface area contributed by atoms with E-state index in [1.807, 2.05) is 60.7 Å². The van der Waals surface area contributed by atoms with Crippen molar-refractivity contribution in [2.24, 2.45) is 5.92 Å². The monoisotopic (exact) mass is 506 g/mol. The molecule has 198 valence electrons. The predicted octanol–water partition coefficient (Wildman–Crippen LogP) is 4.05. The number of carbonyl (C=O) groups is 3. The zero-order valence-corrected chi connectivity index (χ0v) is 21.3. The Morgan fingerprint density at radius 1 is 0.946 bits per heavy atom. The van der Waals surface area contributed by atoms with Crippen LogP contribution in [0.25, 0.3) is 0 Å². The summed E-state index contributed by atoms with van der Waals surface area (Å²) in [7, 11) is 0. The summed E-state index contributed by atoms with van der Waals surface area (Å²) in [4.78, 5) is 38.1. The summed E-state index contributed by atoms with van der Waals surface area (Å²) < 4.78 is 5.44. The van der Waals surface area contributed by atoms with E-state index in [4.69, 9.17) is 4.74 Å². The molecule has 3 N–H and O–H groups in total. The SMILES string of the molecule is C=CCCCC(=O)OC[C@H](NC(=O)[C@@H](CC=C)CC(=O)N[C@H](CO)Cc1ccccc1)c1ccccc1. The maximum atomic E-state index is 13.2. The van der Waals surface area contributed by atoms with E-state index < -0.39 is 18.0 Å². The molecule has 0 radical (unpaired) electrons. The summed E-state index contributed by atoms with van der Waals surface area (Å²) in [5.41, 5.74) is 1.78. The Morgan fingerprint density at radius 2 is 1.62 bits per heavy atom. The number of benzene rings is 2. The molecule has 0 aliphatic heterocycles. The van der Waals surface area contributed by atoms with Gasteiger partial charge in [0.1, 0.15) is 6.61 Å². The van der Waals surface area contributed by atoms with E-state index in [2.05, 4.69) is 23.8 Å². The lowest BCUT2D eigenvalue weighted by molar-refractivity contribution is -0.145. The van der Waals surface area contributed by atoms with Gasteiger partial charge in [0.05, 0.1) is 24.6 Å². The Labute approximate surface area is 219 Å². The fraction of sp³-hybridized carbons (Fsp3) is 0.367. The van der Waals surface area contributed by atoms with Gasteiger partial charge in [0.25, 0.3) is 0 Å². The molecular formula is C30H38N2O5. The number of hydrogen-bond donors (Lipinski definition) is 3. The quantitative estimate of drug-likeness (QED) is 0.171. The lowest BCUT2D eigenvalue weighted by atomic mass is 9.98. The second-order valence-electron chi connectivity index (χ2n) is 8.90. The van der Waals surface area contributed by atoms with Gasteiger partial charge in [-0.25, -0.2) is 0 Å². The molecule has 3 atom stereocenters. The van der Waals surface area contributed by atoms with Crippen LogP contribution >= 0.6 is 0 Å². The van der Waals surface area contributed by atoms with E-state index in [0.717, 1.165) is 17.5 Å². The number of aliphatic hydroxyl groups excluding tert-OH is 1. The molecule has 0 saturated carbocycles. The Morgan fingerprint density at radius 3 is 2.24 bits per heavy atom. The molecule has 7 nitrogen and oxygen atoms in total. The maximum absolute atomic E-state index is 13.2. The standard InChI is InChI=1S/C30H38N2O5/c1-3-5-8-18-29(35)37-22-27(24-16-11-7-12-17-24)32-30(36)25(13-4-2)20-28(34)31-26(21-33)19-23-14-9-6-10-15-23/h3-4,6-7,9-12,14-17,25-27,33H,1-2,5,8,13,18-22H2,(H,31,34)(H,32,36)/t25-,26-,27-/m0/s1. The smallest absolute Gasteiger partial charge is 0.305 e. The summed E-state index contributed by atoms with van der Waals surface area (Å²) in [5, 5.41) is 15.5. The molecule has 37 heavy (non-hydrogen) atoms. The molecule has 0 bridgehead atoms. The number of carbonyl (C=O) groups excluding carboxylic acids is 3. The van der Waals surface area contributed by atoms with Crippen molar-refractivity contribution in [3.05, 3.63) is 97.1 Å². The van der Waals surface area contributed by atoms with Gasteiger partial charge in [-0.15, -0.1) is 13.2 Å². The highest BCUT2D eigenvalue weighted by molar-refractivity contribution is 5.86. The fourth-order valence-electron chi connectivity index (χ4n) is 3.89. The van der Waals surface area contributed by atoms with Gasteiger partial charge in [-0.2, -0.15) is 0 Å². The van der Waals surface area contributed by atoms with Crippen LogP contribution in [0.15, 0.2) is 86.0 Å². The highest BCUT2D eigenvalue weighted by atomic mass is 16.5. The second kappa shape index (κ2) is 16.9. The van der Waals surface area contributed by atoms with Crippen LogP contribution in [-0.2, 0) is 25.5 Å². The third-order valence-electron chi connectivity index (χ3n) is 5.88. The van der Waals surface area contributed by atoms with Crippen LogP contribution in [0.1, 0.15) is 49.3 Å². The normalized spacial score (nSPS) is 13.0. The van der Waals surface area contributed by atoms with Crippen LogP contribution in [0.3, 0.4) is 0 Å². The molecule has 0 fully saturated rings. The number of ether oxygens (including phenoxy) is 1. The van der Waals surface area contributed by atoms with E-state index in [-0.39, 0.29) is 43.8 Å². The summed E-state index contributed by atoms with van der Waals surface area (Å²) in [6.07, 6.45) is 5.72. The summed E-state index contributed by atoms with van der Waals surface area (Å²) >= 11 is 0. The Bertz CT molecular complexity index is 994. The third-order valence-corrected chi connectivity index (χ3v) is 5.88. The van der Waals surface area contributed by atoms with Crippen molar-refractivity contribution in [3.63, 3.8) is 0 Å². The van der Waals surface area contributed by atoms with Crippen molar-refractivity contribution < 1.29 is 24.2 Å². The van der Waals surface area contributed by atoms with Crippen LogP contribution in [0.4, 0.5) is 0 Å². The highest BCUT2D eigenvalue weighted by Gasteiger charge is 2.25. The first-order valence-corrected chi connectivity index (χ1v) is 12.6. The molecule has 0 aliphatic carbocycles. The molecule has 2 aromatic rings. The van der Waals surface area contributed by atoms with E-state index >= 15 is 0 Å². The number of esters is 1. The van der Waals surface area contributed by atoms with Gasteiger partial charge >= 0.3 is 5.97 Å². The molecule has 2 amide bonds. The number of hydrogen-bond acceptors (Lipinski definition) is 5. The third kappa shape index (κ3) is 11.3. The van der Waals surface area contributed by atoms with E-state index in [9.17, 15) is 19.5 Å². The number of aliphatic hydroxyl groups is 1. The summed E-state index contributed by atoms with van der Waals surface area (Å²) in [6.45, 7) is 7.15. The number of unbranched alkanes of at least 4 members (excludes halogenated alkanes) is 1. The first-order valence-electron chi connectivity index (χ1n) is 12.6. The largest absolute Gasteiger partial charge is 0.463 e. The molecule has 2 aromatic carbocycles.